The normalized spacial score (nSPS) is 23.2. The van der Waals surface area contributed by atoms with Crippen molar-refractivity contribution in [2.75, 3.05) is 13.2 Å². The van der Waals surface area contributed by atoms with Crippen molar-refractivity contribution in [2.24, 2.45) is 0 Å². The lowest BCUT2D eigenvalue weighted by Gasteiger charge is -2.38. The first-order valence-corrected chi connectivity index (χ1v) is 6.24. The van der Waals surface area contributed by atoms with Crippen LogP contribution >= 0.6 is 0 Å². The summed E-state index contributed by atoms with van der Waals surface area (Å²) in [4.78, 5) is 25.0. The molecule has 1 aliphatic rings. The molecule has 5 heteroatoms. The molecule has 0 unspecified atom stereocenters. The van der Waals surface area contributed by atoms with E-state index in [1.165, 1.54) is 12.1 Å². The van der Waals surface area contributed by atoms with Crippen LogP contribution in [0.2, 0.25) is 0 Å². The predicted molar refractivity (Wildman–Crippen MR) is 69.3 cm³/mol. The molecule has 2 rings (SSSR count). The first-order chi connectivity index (χ1) is 9.00. The van der Waals surface area contributed by atoms with Crippen LogP contribution in [0.5, 0.6) is 0 Å². The number of ether oxygens (including phenoxy) is 1. The summed E-state index contributed by atoms with van der Waals surface area (Å²) in [5.74, 6) is -1.08. The van der Waals surface area contributed by atoms with Gasteiger partial charge in [0.15, 0.2) is 0 Å². The highest BCUT2D eigenvalue weighted by Gasteiger charge is 2.30. The van der Waals surface area contributed by atoms with Crippen molar-refractivity contribution in [1.82, 2.24) is 4.90 Å². The summed E-state index contributed by atoms with van der Waals surface area (Å²) < 4.78 is 5.39. The van der Waals surface area contributed by atoms with Gasteiger partial charge in [0.25, 0.3) is 5.91 Å². The number of benzene rings is 1. The van der Waals surface area contributed by atoms with Crippen LogP contribution in [0, 0.1) is 0 Å². The van der Waals surface area contributed by atoms with Crippen LogP contribution in [0.15, 0.2) is 24.3 Å². The number of carbonyl (C=O) groups is 2. The van der Waals surface area contributed by atoms with Crippen molar-refractivity contribution in [2.45, 2.75) is 25.9 Å². The Hall–Kier alpha value is -1.88. The maximum absolute atomic E-state index is 12.4. The van der Waals surface area contributed by atoms with Crippen LogP contribution in [0.1, 0.15) is 34.6 Å². The molecular weight excluding hydrogens is 246 g/mol. The highest BCUT2D eigenvalue weighted by atomic mass is 16.5. The Balaban J connectivity index is 2.20. The van der Waals surface area contributed by atoms with E-state index in [0.717, 1.165) is 0 Å². The summed E-state index contributed by atoms with van der Waals surface area (Å²) in [5, 5.41) is 8.84. The van der Waals surface area contributed by atoms with E-state index < -0.39 is 5.97 Å². The van der Waals surface area contributed by atoms with Gasteiger partial charge in [-0.25, -0.2) is 4.79 Å². The van der Waals surface area contributed by atoms with Crippen molar-refractivity contribution >= 4 is 11.9 Å². The number of aromatic carboxylic acids is 1. The molecular formula is C14H17NO4. The Labute approximate surface area is 111 Å². The number of carboxylic acid groups (broad SMARTS) is 1. The summed E-state index contributed by atoms with van der Waals surface area (Å²) in [6.07, 6.45) is 0. The molecule has 0 spiro atoms. The molecule has 0 aliphatic carbocycles. The van der Waals surface area contributed by atoms with E-state index >= 15 is 0 Å². The summed E-state index contributed by atoms with van der Waals surface area (Å²) in [7, 11) is 0. The molecule has 19 heavy (non-hydrogen) atoms. The molecule has 102 valence electrons. The molecule has 1 heterocycles. The van der Waals surface area contributed by atoms with Crippen LogP contribution < -0.4 is 0 Å². The minimum Gasteiger partial charge on any atom is -0.478 e. The SMILES string of the molecule is C[C@@H]1COC[C@H](C)N1C(=O)c1ccc(C(=O)O)cc1. The molecule has 2 atom stereocenters. The molecule has 0 radical (unpaired) electrons. The van der Waals surface area contributed by atoms with Crippen LogP contribution in [-0.4, -0.2) is 47.2 Å². The Morgan fingerprint density at radius 2 is 1.58 bits per heavy atom. The topological polar surface area (TPSA) is 66.8 Å². The van der Waals surface area contributed by atoms with Gasteiger partial charge >= 0.3 is 5.97 Å². The molecule has 1 fully saturated rings. The Kier molecular flexibility index (Phi) is 3.85. The van der Waals surface area contributed by atoms with E-state index in [9.17, 15) is 9.59 Å². The van der Waals surface area contributed by atoms with Gasteiger partial charge in [0.05, 0.1) is 30.9 Å². The Morgan fingerprint density at radius 1 is 1.11 bits per heavy atom. The monoisotopic (exact) mass is 263 g/mol. The zero-order valence-electron chi connectivity index (χ0n) is 11.0. The van der Waals surface area contributed by atoms with Gasteiger partial charge < -0.3 is 14.7 Å². The van der Waals surface area contributed by atoms with Crippen molar-refractivity contribution in [1.29, 1.82) is 0 Å². The zero-order chi connectivity index (χ0) is 14.0. The third-order valence-corrected chi connectivity index (χ3v) is 3.28. The van der Waals surface area contributed by atoms with Crippen LogP contribution in [0.25, 0.3) is 0 Å². The van der Waals surface area contributed by atoms with Gasteiger partial charge in [-0.05, 0) is 38.1 Å². The second-order valence-electron chi connectivity index (χ2n) is 4.83. The lowest BCUT2D eigenvalue weighted by atomic mass is 10.1. The molecule has 1 aromatic carbocycles. The van der Waals surface area contributed by atoms with Gasteiger partial charge in [0.1, 0.15) is 0 Å². The largest absolute Gasteiger partial charge is 0.478 e. The van der Waals surface area contributed by atoms with E-state index in [0.29, 0.717) is 18.8 Å². The van der Waals surface area contributed by atoms with Gasteiger partial charge in [0.2, 0.25) is 0 Å². The van der Waals surface area contributed by atoms with Crippen molar-refractivity contribution in [3.8, 4) is 0 Å². The number of carbonyl (C=O) groups excluding carboxylic acids is 1. The first kappa shape index (κ1) is 13.5. The van der Waals surface area contributed by atoms with Crippen LogP contribution in [-0.2, 0) is 4.74 Å². The standard InChI is InChI=1S/C14H17NO4/c1-9-7-19-8-10(2)15(9)13(16)11-3-5-12(6-4-11)14(17)18/h3-6,9-10H,7-8H2,1-2H3,(H,17,18)/t9-,10+. The summed E-state index contributed by atoms with van der Waals surface area (Å²) in [5.41, 5.74) is 0.685. The maximum atomic E-state index is 12.4. The maximum Gasteiger partial charge on any atom is 0.335 e. The molecule has 1 aliphatic heterocycles. The molecule has 1 N–H and O–H groups in total. The molecule has 0 aromatic heterocycles. The number of amides is 1. The fourth-order valence-corrected chi connectivity index (χ4v) is 2.31. The van der Waals surface area contributed by atoms with Gasteiger partial charge in [-0.3, -0.25) is 4.79 Å². The Bertz CT molecular complexity index is 473. The average Bonchev–Trinajstić information content (AvgIpc) is 2.38. The summed E-state index contributed by atoms with van der Waals surface area (Å²) in [6, 6.07) is 6.06. The third-order valence-electron chi connectivity index (χ3n) is 3.28. The molecule has 1 aromatic rings. The quantitative estimate of drug-likeness (QED) is 0.880. The lowest BCUT2D eigenvalue weighted by molar-refractivity contribution is -0.0249. The highest BCUT2D eigenvalue weighted by Crippen LogP contribution is 2.17. The first-order valence-electron chi connectivity index (χ1n) is 6.24. The van der Waals surface area contributed by atoms with Crippen molar-refractivity contribution in [3.63, 3.8) is 0 Å². The van der Waals surface area contributed by atoms with E-state index in [4.69, 9.17) is 9.84 Å². The summed E-state index contributed by atoms with van der Waals surface area (Å²) in [6.45, 7) is 4.95. The second-order valence-corrected chi connectivity index (χ2v) is 4.83. The lowest BCUT2D eigenvalue weighted by Crippen LogP contribution is -2.52. The zero-order valence-corrected chi connectivity index (χ0v) is 11.0. The van der Waals surface area contributed by atoms with E-state index in [-0.39, 0.29) is 23.6 Å². The van der Waals surface area contributed by atoms with Crippen LogP contribution in [0.3, 0.4) is 0 Å². The molecule has 0 saturated carbocycles. The fourth-order valence-electron chi connectivity index (χ4n) is 2.31. The van der Waals surface area contributed by atoms with Gasteiger partial charge in [-0.2, -0.15) is 0 Å². The number of hydrogen-bond donors (Lipinski definition) is 1. The fraction of sp³-hybridized carbons (Fsp3) is 0.429. The third kappa shape index (κ3) is 2.76. The van der Waals surface area contributed by atoms with E-state index in [2.05, 4.69) is 0 Å². The number of hydrogen-bond acceptors (Lipinski definition) is 3. The molecule has 5 nitrogen and oxygen atoms in total. The minimum atomic E-state index is -0.993. The minimum absolute atomic E-state index is 0.0235. The Morgan fingerprint density at radius 3 is 2.05 bits per heavy atom. The second kappa shape index (κ2) is 5.40. The van der Waals surface area contributed by atoms with Gasteiger partial charge in [-0.15, -0.1) is 0 Å². The van der Waals surface area contributed by atoms with E-state index in [1.54, 1.807) is 17.0 Å². The number of morpholine rings is 1. The molecule has 0 bridgehead atoms. The molecule has 1 amide bonds. The predicted octanol–water partition coefficient (Wildman–Crippen LogP) is 1.63. The van der Waals surface area contributed by atoms with Crippen molar-refractivity contribution < 1.29 is 19.4 Å². The van der Waals surface area contributed by atoms with Crippen molar-refractivity contribution in [3.05, 3.63) is 35.4 Å². The summed E-state index contributed by atoms with van der Waals surface area (Å²) >= 11 is 0. The van der Waals surface area contributed by atoms with Crippen LogP contribution in [0.4, 0.5) is 0 Å². The number of nitrogens with zero attached hydrogens (tertiary/aromatic N) is 1. The van der Waals surface area contributed by atoms with E-state index in [1.807, 2.05) is 13.8 Å². The smallest absolute Gasteiger partial charge is 0.335 e. The van der Waals surface area contributed by atoms with Gasteiger partial charge in [-0.1, -0.05) is 0 Å². The number of rotatable bonds is 2. The number of carboxylic acids is 1. The highest BCUT2D eigenvalue weighted by molar-refractivity contribution is 5.96. The van der Waals surface area contributed by atoms with Gasteiger partial charge in [0, 0.05) is 5.56 Å². The average molecular weight is 263 g/mol. The molecule has 1 saturated heterocycles.